The van der Waals surface area contributed by atoms with Crippen molar-refractivity contribution in [3.8, 4) is 0 Å². The molecule has 0 radical (unpaired) electrons. The first-order valence-corrected chi connectivity index (χ1v) is 10.0. The maximum Gasteiger partial charge on any atom is 0.408 e. The number of hydrogen-bond donors (Lipinski definition) is 1. The van der Waals surface area contributed by atoms with E-state index in [1.165, 1.54) is 0 Å². The van der Waals surface area contributed by atoms with Gasteiger partial charge in [-0.1, -0.05) is 36.7 Å². The summed E-state index contributed by atoms with van der Waals surface area (Å²) in [7, 11) is 0. The fraction of sp³-hybridized carbons (Fsp3) is 0.619. The van der Waals surface area contributed by atoms with Gasteiger partial charge in [0.25, 0.3) is 5.91 Å². The van der Waals surface area contributed by atoms with E-state index in [9.17, 15) is 9.59 Å². The van der Waals surface area contributed by atoms with E-state index in [1.54, 1.807) is 0 Å². The number of benzene rings is 1. The summed E-state index contributed by atoms with van der Waals surface area (Å²) >= 11 is 6.23. The van der Waals surface area contributed by atoms with Crippen LogP contribution in [0.3, 0.4) is 0 Å². The van der Waals surface area contributed by atoms with E-state index in [0.29, 0.717) is 36.9 Å². The van der Waals surface area contributed by atoms with E-state index in [4.69, 9.17) is 16.3 Å². The summed E-state index contributed by atoms with van der Waals surface area (Å²) in [5, 5.41) is 3.43. The van der Waals surface area contributed by atoms with E-state index >= 15 is 0 Å². The number of nitrogens with zero attached hydrogens (tertiary/aromatic N) is 1. The third-order valence-electron chi connectivity index (χ3n) is 4.73. The number of amides is 2. The average Bonchev–Trinajstić information content (AvgIpc) is 2.58. The average molecular weight is 395 g/mol. The van der Waals surface area contributed by atoms with Crippen LogP contribution in [0.4, 0.5) is 4.79 Å². The fourth-order valence-corrected chi connectivity index (χ4v) is 3.35. The van der Waals surface area contributed by atoms with Gasteiger partial charge in [-0.05, 0) is 64.0 Å². The third kappa shape index (κ3) is 7.06. The van der Waals surface area contributed by atoms with Gasteiger partial charge in [0.15, 0.2) is 6.10 Å². The van der Waals surface area contributed by atoms with Crippen LogP contribution in [0.25, 0.3) is 0 Å². The maximum absolute atomic E-state index is 13.0. The van der Waals surface area contributed by atoms with Gasteiger partial charge in [0.05, 0.1) is 0 Å². The molecule has 2 rings (SSSR count). The molecule has 1 atom stereocenters. The minimum atomic E-state index is -0.808. The molecule has 1 aliphatic heterocycles. The number of nitrogens with one attached hydrogen (secondary N) is 1. The van der Waals surface area contributed by atoms with Crippen LogP contribution in [0, 0.1) is 5.92 Å². The standard InChI is InChI=1S/C21H31ClN2O3/c1-15-11-13-24(14-12-15)19(25)18(27-20(26)23-21(2,3)4)10-9-16-7-5-6-8-17(16)22/h5-8,15,18H,9-14H2,1-4H3,(H,23,26). The first-order chi connectivity index (χ1) is 12.7. The molecule has 1 saturated heterocycles. The largest absolute Gasteiger partial charge is 0.436 e. The number of ether oxygens (including phenoxy) is 1. The molecular weight excluding hydrogens is 364 g/mol. The van der Waals surface area contributed by atoms with Gasteiger partial charge in [-0.15, -0.1) is 0 Å². The summed E-state index contributed by atoms with van der Waals surface area (Å²) in [6.45, 7) is 9.26. The number of carbonyl (C=O) groups is 2. The molecule has 1 aromatic rings. The zero-order valence-electron chi connectivity index (χ0n) is 16.8. The molecule has 1 fully saturated rings. The second kappa shape index (κ2) is 9.45. The topological polar surface area (TPSA) is 58.6 Å². The van der Waals surface area contributed by atoms with Crippen molar-refractivity contribution in [1.29, 1.82) is 0 Å². The predicted molar refractivity (Wildman–Crippen MR) is 108 cm³/mol. The van der Waals surface area contributed by atoms with Gasteiger partial charge in [-0.2, -0.15) is 0 Å². The van der Waals surface area contributed by atoms with Gasteiger partial charge in [-0.25, -0.2) is 4.79 Å². The van der Waals surface area contributed by atoms with E-state index in [-0.39, 0.29) is 5.91 Å². The second-order valence-corrected chi connectivity index (χ2v) is 8.81. The third-order valence-corrected chi connectivity index (χ3v) is 5.10. The molecule has 0 spiro atoms. The lowest BCUT2D eigenvalue weighted by Crippen LogP contribution is -2.48. The Kier molecular flexibility index (Phi) is 7.54. The molecule has 2 amide bonds. The maximum atomic E-state index is 13.0. The number of carbonyl (C=O) groups excluding carboxylic acids is 2. The monoisotopic (exact) mass is 394 g/mol. The van der Waals surface area contributed by atoms with Gasteiger partial charge in [0.2, 0.25) is 0 Å². The molecule has 1 N–H and O–H groups in total. The predicted octanol–water partition coefficient (Wildman–Crippen LogP) is 4.42. The van der Waals surface area contributed by atoms with Crippen molar-refractivity contribution < 1.29 is 14.3 Å². The smallest absolute Gasteiger partial charge is 0.408 e. The molecule has 0 aromatic heterocycles. The highest BCUT2D eigenvalue weighted by Crippen LogP contribution is 2.21. The highest BCUT2D eigenvalue weighted by molar-refractivity contribution is 6.31. The van der Waals surface area contributed by atoms with Crippen molar-refractivity contribution in [2.75, 3.05) is 13.1 Å². The van der Waals surface area contributed by atoms with Gasteiger partial charge in [0.1, 0.15) is 0 Å². The number of alkyl carbamates (subject to hydrolysis) is 1. The van der Waals surface area contributed by atoms with Crippen molar-refractivity contribution in [2.45, 2.75) is 65.0 Å². The quantitative estimate of drug-likeness (QED) is 0.803. The minimum Gasteiger partial charge on any atom is -0.436 e. The molecule has 0 saturated carbocycles. The lowest BCUT2D eigenvalue weighted by atomic mass is 9.98. The number of rotatable bonds is 5. The molecule has 150 valence electrons. The molecule has 1 aliphatic rings. The summed E-state index contributed by atoms with van der Waals surface area (Å²) in [4.78, 5) is 27.1. The van der Waals surface area contributed by atoms with Crippen molar-refractivity contribution in [2.24, 2.45) is 5.92 Å². The van der Waals surface area contributed by atoms with E-state index in [2.05, 4.69) is 12.2 Å². The lowest BCUT2D eigenvalue weighted by Gasteiger charge is -2.33. The fourth-order valence-electron chi connectivity index (χ4n) is 3.12. The summed E-state index contributed by atoms with van der Waals surface area (Å²) in [5.74, 6) is 0.513. The first-order valence-electron chi connectivity index (χ1n) is 9.66. The first kappa shape index (κ1) is 21.5. The Balaban J connectivity index is 2.06. The molecule has 0 aliphatic carbocycles. The summed E-state index contributed by atoms with van der Waals surface area (Å²) in [6.07, 6.45) is 1.58. The Hall–Kier alpha value is -1.75. The van der Waals surface area contributed by atoms with Crippen molar-refractivity contribution in [1.82, 2.24) is 10.2 Å². The SMILES string of the molecule is CC1CCN(C(=O)C(CCc2ccccc2Cl)OC(=O)NC(C)(C)C)CC1. The number of likely N-dealkylation sites (tertiary alicyclic amines) is 1. The highest BCUT2D eigenvalue weighted by Gasteiger charge is 2.30. The van der Waals surface area contributed by atoms with Crippen LogP contribution in [-0.4, -0.2) is 41.6 Å². The van der Waals surface area contributed by atoms with Crippen LogP contribution in [0.5, 0.6) is 0 Å². The second-order valence-electron chi connectivity index (χ2n) is 8.41. The Bertz CT molecular complexity index is 649. The van der Waals surface area contributed by atoms with Gasteiger partial charge < -0.3 is 15.0 Å². The van der Waals surface area contributed by atoms with Crippen LogP contribution >= 0.6 is 11.6 Å². The zero-order chi connectivity index (χ0) is 20.0. The van der Waals surface area contributed by atoms with E-state index in [0.717, 1.165) is 18.4 Å². The molecular formula is C21H31ClN2O3. The normalized spacial score (nSPS) is 16.7. The minimum absolute atomic E-state index is 0.113. The van der Waals surface area contributed by atoms with Crippen LogP contribution in [0.15, 0.2) is 24.3 Å². The molecule has 5 nitrogen and oxygen atoms in total. The van der Waals surface area contributed by atoms with Gasteiger partial charge >= 0.3 is 6.09 Å². The van der Waals surface area contributed by atoms with Crippen LogP contribution < -0.4 is 5.32 Å². The van der Waals surface area contributed by atoms with Crippen LogP contribution in [0.1, 0.15) is 52.5 Å². The van der Waals surface area contributed by atoms with Crippen molar-refractivity contribution >= 4 is 23.6 Å². The Morgan fingerprint density at radius 1 is 1.26 bits per heavy atom. The Morgan fingerprint density at radius 3 is 2.48 bits per heavy atom. The van der Waals surface area contributed by atoms with Crippen LogP contribution in [0.2, 0.25) is 5.02 Å². The molecule has 1 unspecified atom stereocenters. The van der Waals surface area contributed by atoms with Crippen LogP contribution in [-0.2, 0) is 16.0 Å². The molecule has 6 heteroatoms. The Labute approximate surface area is 167 Å². The summed E-state index contributed by atoms with van der Waals surface area (Å²) < 4.78 is 5.55. The summed E-state index contributed by atoms with van der Waals surface area (Å²) in [5.41, 5.74) is 0.526. The lowest BCUT2D eigenvalue weighted by molar-refractivity contribution is -0.142. The van der Waals surface area contributed by atoms with Gasteiger partial charge in [0, 0.05) is 23.7 Å². The molecule has 27 heavy (non-hydrogen) atoms. The number of hydrogen-bond acceptors (Lipinski definition) is 3. The summed E-state index contributed by atoms with van der Waals surface area (Å²) in [6, 6.07) is 7.54. The molecule has 1 heterocycles. The van der Waals surface area contributed by atoms with Crippen molar-refractivity contribution in [3.05, 3.63) is 34.9 Å². The number of halogens is 1. The molecule has 1 aromatic carbocycles. The molecule has 0 bridgehead atoms. The van der Waals surface area contributed by atoms with Gasteiger partial charge in [-0.3, -0.25) is 4.79 Å². The van der Waals surface area contributed by atoms with Crippen molar-refractivity contribution in [3.63, 3.8) is 0 Å². The zero-order valence-corrected chi connectivity index (χ0v) is 17.5. The number of aryl methyl sites for hydroxylation is 1. The number of piperidine rings is 1. The Morgan fingerprint density at radius 2 is 1.89 bits per heavy atom. The van der Waals surface area contributed by atoms with E-state index < -0.39 is 17.7 Å². The van der Waals surface area contributed by atoms with E-state index in [1.807, 2.05) is 49.9 Å². The highest BCUT2D eigenvalue weighted by atomic mass is 35.5.